The van der Waals surface area contributed by atoms with Crippen molar-refractivity contribution in [1.29, 1.82) is 0 Å². The molecule has 2 atom stereocenters. The van der Waals surface area contributed by atoms with Crippen molar-refractivity contribution in [3.63, 3.8) is 0 Å². The second kappa shape index (κ2) is 10.9. The molecule has 2 unspecified atom stereocenters. The Hall–Kier alpha value is -2.42. The molecular formula is C24H36N6O2. The van der Waals surface area contributed by atoms with Gasteiger partial charge >= 0.3 is 0 Å². The number of piperazine rings is 1. The number of nitrogens with one attached hydrogen (secondary N) is 1. The van der Waals surface area contributed by atoms with Gasteiger partial charge in [0, 0.05) is 72.0 Å². The van der Waals surface area contributed by atoms with E-state index >= 15 is 0 Å². The Morgan fingerprint density at radius 1 is 1.00 bits per heavy atom. The maximum absolute atomic E-state index is 5.89. The number of ether oxygens (including phenoxy) is 1. The number of aromatic nitrogens is 1. The van der Waals surface area contributed by atoms with Crippen molar-refractivity contribution in [3.05, 3.63) is 53.4 Å². The minimum Gasteiger partial charge on any atom is -0.373 e. The Kier molecular flexibility index (Phi) is 7.78. The van der Waals surface area contributed by atoms with Gasteiger partial charge in [0.15, 0.2) is 5.96 Å². The van der Waals surface area contributed by atoms with Crippen LogP contribution < -0.4 is 5.32 Å². The van der Waals surface area contributed by atoms with E-state index in [0.717, 1.165) is 70.6 Å². The highest BCUT2D eigenvalue weighted by atomic mass is 16.5. The first kappa shape index (κ1) is 22.8. The van der Waals surface area contributed by atoms with E-state index in [4.69, 9.17) is 9.26 Å². The molecule has 0 aliphatic carbocycles. The molecule has 0 radical (unpaired) electrons. The Labute approximate surface area is 191 Å². The van der Waals surface area contributed by atoms with Gasteiger partial charge in [-0.1, -0.05) is 29.4 Å². The fourth-order valence-corrected chi connectivity index (χ4v) is 4.71. The molecule has 4 rings (SSSR count). The molecule has 0 spiro atoms. The van der Waals surface area contributed by atoms with Gasteiger partial charge in [0.25, 0.3) is 0 Å². The number of rotatable bonds is 6. The van der Waals surface area contributed by atoms with Gasteiger partial charge in [0.2, 0.25) is 0 Å². The number of hydrogen-bond acceptors (Lipinski definition) is 6. The number of guanidine groups is 1. The summed E-state index contributed by atoms with van der Waals surface area (Å²) in [6.45, 7) is 12.7. The Morgan fingerprint density at radius 2 is 1.72 bits per heavy atom. The third-order valence-electron chi connectivity index (χ3n) is 6.21. The summed E-state index contributed by atoms with van der Waals surface area (Å²) in [7, 11) is 1.87. The van der Waals surface area contributed by atoms with Crippen molar-refractivity contribution < 1.29 is 9.26 Å². The van der Waals surface area contributed by atoms with Gasteiger partial charge < -0.3 is 19.5 Å². The molecule has 2 fully saturated rings. The molecule has 1 aromatic heterocycles. The normalized spacial score (nSPS) is 23.5. The molecule has 2 aromatic rings. The fraction of sp³-hybridized carbons (Fsp3) is 0.583. The lowest BCUT2D eigenvalue weighted by atomic mass is 10.1. The maximum atomic E-state index is 5.89. The second-order valence-corrected chi connectivity index (χ2v) is 8.87. The Bertz CT molecular complexity index is 853. The van der Waals surface area contributed by atoms with Gasteiger partial charge in [-0.3, -0.25) is 14.8 Å². The number of morpholine rings is 1. The van der Waals surface area contributed by atoms with Crippen molar-refractivity contribution in [3.8, 4) is 0 Å². The van der Waals surface area contributed by atoms with Crippen molar-refractivity contribution in [1.82, 2.24) is 25.2 Å². The zero-order valence-electron chi connectivity index (χ0n) is 19.5. The highest BCUT2D eigenvalue weighted by Gasteiger charge is 2.23. The molecule has 0 saturated carbocycles. The fourth-order valence-electron chi connectivity index (χ4n) is 4.71. The first-order chi connectivity index (χ1) is 15.6. The van der Waals surface area contributed by atoms with Crippen molar-refractivity contribution in [2.45, 2.75) is 45.7 Å². The largest absolute Gasteiger partial charge is 0.373 e. The number of hydrogen-bond donors (Lipinski definition) is 1. The minimum atomic E-state index is 0.283. The molecule has 32 heavy (non-hydrogen) atoms. The molecule has 3 heterocycles. The van der Waals surface area contributed by atoms with Gasteiger partial charge in [-0.2, -0.15) is 0 Å². The second-order valence-electron chi connectivity index (χ2n) is 8.87. The molecule has 174 valence electrons. The zero-order valence-corrected chi connectivity index (χ0v) is 19.5. The van der Waals surface area contributed by atoms with Crippen LogP contribution in [0.25, 0.3) is 0 Å². The Morgan fingerprint density at radius 3 is 2.38 bits per heavy atom. The molecule has 2 saturated heterocycles. The quantitative estimate of drug-likeness (QED) is 0.545. The topological polar surface area (TPSA) is 69.4 Å². The summed E-state index contributed by atoms with van der Waals surface area (Å²) in [5.74, 6) is 0.967. The van der Waals surface area contributed by atoms with Crippen LogP contribution in [0.5, 0.6) is 0 Å². The summed E-state index contributed by atoms with van der Waals surface area (Å²) in [5.41, 5.74) is 3.68. The van der Waals surface area contributed by atoms with Crippen LogP contribution >= 0.6 is 0 Å². The van der Waals surface area contributed by atoms with E-state index in [1.807, 2.05) is 13.1 Å². The van der Waals surface area contributed by atoms with E-state index < -0.39 is 0 Å². The van der Waals surface area contributed by atoms with Crippen LogP contribution in [-0.4, -0.2) is 84.3 Å². The molecule has 0 amide bonds. The summed E-state index contributed by atoms with van der Waals surface area (Å²) < 4.78 is 10.8. The summed E-state index contributed by atoms with van der Waals surface area (Å²) in [5, 5.41) is 7.62. The molecular weight excluding hydrogens is 404 g/mol. The minimum absolute atomic E-state index is 0.283. The maximum Gasteiger partial charge on any atom is 0.194 e. The average molecular weight is 441 g/mol. The first-order valence-electron chi connectivity index (χ1n) is 11.6. The van der Waals surface area contributed by atoms with Gasteiger partial charge in [-0.05, 0) is 25.0 Å². The van der Waals surface area contributed by atoms with Crippen molar-refractivity contribution >= 4 is 5.96 Å². The molecule has 8 heteroatoms. The van der Waals surface area contributed by atoms with E-state index in [1.165, 1.54) is 11.1 Å². The monoisotopic (exact) mass is 440 g/mol. The van der Waals surface area contributed by atoms with Crippen LogP contribution in [0, 0.1) is 0 Å². The van der Waals surface area contributed by atoms with Gasteiger partial charge in [0.1, 0.15) is 6.26 Å². The SMILES string of the molecule is CN=C(NCc1ccccc1CN1CC(C)OC(C)C1)N1CCN(Cc2ccon2)CC1. The molecule has 1 aromatic carbocycles. The molecule has 1 N–H and O–H groups in total. The number of nitrogens with zero attached hydrogens (tertiary/aromatic N) is 5. The molecule has 8 nitrogen and oxygen atoms in total. The van der Waals surface area contributed by atoms with E-state index in [-0.39, 0.29) is 12.2 Å². The number of benzene rings is 1. The Balaban J connectivity index is 1.30. The summed E-state index contributed by atoms with van der Waals surface area (Å²) in [4.78, 5) is 11.8. The smallest absolute Gasteiger partial charge is 0.194 e. The standard InChI is InChI=1S/C24H36N6O2/c1-19-15-29(16-20(2)32-19)17-22-7-5-4-6-21(22)14-26-24(25-3)30-11-9-28(10-12-30)18-23-8-13-31-27-23/h4-8,13,19-20H,9-12,14-18H2,1-3H3,(H,25,26). The van der Waals surface area contributed by atoms with Crippen molar-refractivity contribution in [2.24, 2.45) is 4.99 Å². The van der Waals surface area contributed by atoms with E-state index in [2.05, 4.69) is 68.3 Å². The van der Waals surface area contributed by atoms with Crippen molar-refractivity contribution in [2.75, 3.05) is 46.3 Å². The predicted octanol–water partition coefficient (Wildman–Crippen LogP) is 2.18. The average Bonchev–Trinajstić information content (AvgIpc) is 3.29. The highest BCUT2D eigenvalue weighted by molar-refractivity contribution is 5.80. The molecule has 2 aliphatic heterocycles. The van der Waals surface area contributed by atoms with E-state index in [0.29, 0.717) is 0 Å². The van der Waals surface area contributed by atoms with Gasteiger partial charge in [-0.15, -0.1) is 0 Å². The van der Waals surface area contributed by atoms with Gasteiger partial charge in [0.05, 0.1) is 17.9 Å². The van der Waals surface area contributed by atoms with Gasteiger partial charge in [-0.25, -0.2) is 0 Å². The van der Waals surface area contributed by atoms with Crippen LogP contribution in [0.1, 0.15) is 30.7 Å². The summed E-state index contributed by atoms with van der Waals surface area (Å²) in [6, 6.07) is 10.7. The number of aliphatic imine (C=N–C) groups is 1. The third kappa shape index (κ3) is 6.09. The lowest BCUT2D eigenvalue weighted by molar-refractivity contribution is -0.0705. The summed E-state index contributed by atoms with van der Waals surface area (Å²) >= 11 is 0. The van der Waals surface area contributed by atoms with Crippen LogP contribution in [0.15, 0.2) is 46.1 Å². The first-order valence-corrected chi connectivity index (χ1v) is 11.6. The summed E-state index contributed by atoms with van der Waals surface area (Å²) in [6.07, 6.45) is 2.20. The lowest BCUT2D eigenvalue weighted by Gasteiger charge is -2.36. The zero-order chi connectivity index (χ0) is 22.3. The van der Waals surface area contributed by atoms with Crippen LogP contribution in [-0.2, 0) is 24.4 Å². The molecule has 0 bridgehead atoms. The predicted molar refractivity (Wildman–Crippen MR) is 125 cm³/mol. The van der Waals surface area contributed by atoms with Crippen LogP contribution in [0.3, 0.4) is 0 Å². The van der Waals surface area contributed by atoms with Crippen LogP contribution in [0.4, 0.5) is 0 Å². The van der Waals surface area contributed by atoms with Crippen LogP contribution in [0.2, 0.25) is 0 Å². The lowest BCUT2D eigenvalue weighted by Crippen LogP contribution is -2.52. The third-order valence-corrected chi connectivity index (χ3v) is 6.21. The van der Waals surface area contributed by atoms with E-state index in [9.17, 15) is 0 Å². The van der Waals surface area contributed by atoms with E-state index in [1.54, 1.807) is 6.26 Å². The molecule has 2 aliphatic rings. The highest BCUT2D eigenvalue weighted by Crippen LogP contribution is 2.17.